The zero-order valence-electron chi connectivity index (χ0n) is 19.7. The van der Waals surface area contributed by atoms with Gasteiger partial charge in [-0.15, -0.1) is 0 Å². The number of nitrogens with zero attached hydrogens (tertiary/aromatic N) is 1. The van der Waals surface area contributed by atoms with Crippen LogP contribution in [0.25, 0.3) is 0 Å². The van der Waals surface area contributed by atoms with E-state index in [1.165, 1.54) is 12.0 Å². The van der Waals surface area contributed by atoms with Gasteiger partial charge in [-0.25, -0.2) is 0 Å². The number of carbonyl (C=O) groups excluding carboxylic acids is 2. The van der Waals surface area contributed by atoms with Crippen molar-refractivity contribution in [2.75, 3.05) is 43.6 Å². The molecule has 0 atom stereocenters. The number of hydrogen-bond acceptors (Lipinski definition) is 4. The summed E-state index contributed by atoms with van der Waals surface area (Å²) >= 11 is 0. The number of methoxy groups -OCH3 is 1. The standard InChI is InChI=1S/C26H35N3O3/c1-26(2,3)20-10-8-19(9-11-20)24(30)28-21-12-13-23(29-15-6-5-7-16-29)22(18-21)25(31)27-14-17-32-4/h8-13,18H,5-7,14-17H2,1-4H3,(H,27,31)(H,28,30). The zero-order valence-corrected chi connectivity index (χ0v) is 19.7. The van der Waals surface area contributed by atoms with E-state index in [2.05, 4.69) is 36.3 Å². The number of anilines is 2. The number of amides is 2. The highest BCUT2D eigenvalue weighted by atomic mass is 16.5. The Labute approximate surface area is 191 Å². The molecule has 0 bridgehead atoms. The number of rotatable bonds is 7. The average molecular weight is 438 g/mol. The van der Waals surface area contributed by atoms with Crippen molar-refractivity contribution < 1.29 is 14.3 Å². The van der Waals surface area contributed by atoms with E-state index in [4.69, 9.17) is 4.74 Å². The third-order valence-corrected chi connectivity index (χ3v) is 5.80. The smallest absolute Gasteiger partial charge is 0.255 e. The highest BCUT2D eigenvalue weighted by molar-refractivity contribution is 6.06. The molecular formula is C26H35N3O3. The maximum atomic E-state index is 12.9. The Morgan fingerprint density at radius 1 is 0.969 bits per heavy atom. The fourth-order valence-electron chi connectivity index (χ4n) is 3.89. The quantitative estimate of drug-likeness (QED) is 0.621. The van der Waals surface area contributed by atoms with Crippen LogP contribution in [0.4, 0.5) is 11.4 Å². The lowest BCUT2D eigenvalue weighted by atomic mass is 9.87. The van der Waals surface area contributed by atoms with Crippen LogP contribution >= 0.6 is 0 Å². The maximum Gasteiger partial charge on any atom is 0.255 e. The molecule has 172 valence electrons. The molecule has 1 heterocycles. The van der Waals surface area contributed by atoms with Crippen LogP contribution in [0.3, 0.4) is 0 Å². The Balaban J connectivity index is 1.80. The summed E-state index contributed by atoms with van der Waals surface area (Å²) in [5, 5.41) is 5.86. The molecule has 2 aromatic rings. The first-order valence-corrected chi connectivity index (χ1v) is 11.4. The van der Waals surface area contributed by atoms with Crippen molar-refractivity contribution in [3.63, 3.8) is 0 Å². The molecule has 3 rings (SSSR count). The second-order valence-electron chi connectivity index (χ2n) is 9.31. The zero-order chi connectivity index (χ0) is 23.1. The van der Waals surface area contributed by atoms with Gasteiger partial charge >= 0.3 is 0 Å². The number of hydrogen-bond donors (Lipinski definition) is 2. The second-order valence-corrected chi connectivity index (χ2v) is 9.31. The molecule has 0 radical (unpaired) electrons. The largest absolute Gasteiger partial charge is 0.383 e. The van der Waals surface area contributed by atoms with E-state index >= 15 is 0 Å². The highest BCUT2D eigenvalue weighted by Crippen LogP contribution is 2.28. The molecule has 2 N–H and O–H groups in total. The molecule has 2 aromatic carbocycles. The molecule has 1 aliphatic heterocycles. The predicted octanol–water partition coefficient (Wildman–Crippen LogP) is 4.60. The van der Waals surface area contributed by atoms with Gasteiger partial charge in [0.1, 0.15) is 0 Å². The topological polar surface area (TPSA) is 70.7 Å². The van der Waals surface area contributed by atoms with Gasteiger partial charge in [0.25, 0.3) is 11.8 Å². The maximum absolute atomic E-state index is 12.9. The first kappa shape index (κ1) is 23.8. The van der Waals surface area contributed by atoms with Crippen LogP contribution < -0.4 is 15.5 Å². The van der Waals surface area contributed by atoms with Crippen molar-refractivity contribution in [3.05, 3.63) is 59.2 Å². The number of carbonyl (C=O) groups is 2. The minimum Gasteiger partial charge on any atom is -0.383 e. The molecule has 6 heteroatoms. The first-order chi connectivity index (χ1) is 15.3. The van der Waals surface area contributed by atoms with Gasteiger partial charge in [-0.2, -0.15) is 0 Å². The van der Waals surface area contributed by atoms with E-state index in [0.29, 0.717) is 30.0 Å². The van der Waals surface area contributed by atoms with Crippen molar-refractivity contribution >= 4 is 23.2 Å². The van der Waals surface area contributed by atoms with Gasteiger partial charge in [0.15, 0.2) is 0 Å². The fourth-order valence-corrected chi connectivity index (χ4v) is 3.89. The Hall–Kier alpha value is -2.86. The summed E-state index contributed by atoms with van der Waals surface area (Å²) in [5.74, 6) is -0.352. The lowest BCUT2D eigenvalue weighted by Gasteiger charge is -2.30. The molecule has 0 spiro atoms. The van der Waals surface area contributed by atoms with Gasteiger partial charge in [0.05, 0.1) is 12.2 Å². The molecule has 0 aliphatic carbocycles. The average Bonchev–Trinajstić information content (AvgIpc) is 2.79. The van der Waals surface area contributed by atoms with Crippen molar-refractivity contribution in [1.82, 2.24) is 5.32 Å². The fraction of sp³-hybridized carbons (Fsp3) is 0.462. The van der Waals surface area contributed by atoms with Crippen molar-refractivity contribution in [1.29, 1.82) is 0 Å². The Morgan fingerprint density at radius 2 is 1.66 bits per heavy atom. The SMILES string of the molecule is COCCNC(=O)c1cc(NC(=O)c2ccc(C(C)(C)C)cc2)ccc1N1CCCCC1. The van der Waals surface area contributed by atoms with E-state index in [9.17, 15) is 9.59 Å². The summed E-state index contributed by atoms with van der Waals surface area (Å²) in [6.45, 7) is 9.19. The monoisotopic (exact) mass is 437 g/mol. The molecule has 1 fully saturated rings. The third-order valence-electron chi connectivity index (χ3n) is 5.80. The highest BCUT2D eigenvalue weighted by Gasteiger charge is 2.20. The Bertz CT molecular complexity index is 926. The molecule has 0 aromatic heterocycles. The minimum absolute atomic E-state index is 0.0321. The first-order valence-electron chi connectivity index (χ1n) is 11.4. The van der Waals surface area contributed by atoms with E-state index < -0.39 is 0 Å². The van der Waals surface area contributed by atoms with Crippen LogP contribution in [0, 0.1) is 0 Å². The predicted molar refractivity (Wildman–Crippen MR) is 130 cm³/mol. The number of ether oxygens (including phenoxy) is 1. The van der Waals surface area contributed by atoms with Crippen LogP contribution in [0.15, 0.2) is 42.5 Å². The Morgan fingerprint density at radius 3 is 2.28 bits per heavy atom. The Kier molecular flexibility index (Phi) is 7.91. The van der Waals surface area contributed by atoms with Crippen LogP contribution in [-0.2, 0) is 10.2 Å². The van der Waals surface area contributed by atoms with Gasteiger partial charge in [-0.3, -0.25) is 9.59 Å². The molecule has 6 nitrogen and oxygen atoms in total. The van der Waals surface area contributed by atoms with Gasteiger partial charge in [0, 0.05) is 43.7 Å². The summed E-state index contributed by atoms with van der Waals surface area (Å²) in [4.78, 5) is 28.0. The molecule has 0 unspecified atom stereocenters. The van der Waals surface area contributed by atoms with Crippen molar-refractivity contribution in [2.24, 2.45) is 0 Å². The van der Waals surface area contributed by atoms with Crippen LogP contribution in [0.5, 0.6) is 0 Å². The minimum atomic E-state index is -0.193. The third kappa shape index (κ3) is 6.10. The molecule has 1 saturated heterocycles. The second kappa shape index (κ2) is 10.6. The van der Waals surface area contributed by atoms with Crippen LogP contribution in [0.2, 0.25) is 0 Å². The van der Waals surface area contributed by atoms with Crippen LogP contribution in [0.1, 0.15) is 66.3 Å². The summed E-state index contributed by atoms with van der Waals surface area (Å²) in [5.41, 5.74) is 3.88. The number of benzene rings is 2. The van der Waals surface area contributed by atoms with Crippen LogP contribution in [-0.4, -0.2) is 45.2 Å². The lowest BCUT2D eigenvalue weighted by Crippen LogP contribution is -2.33. The normalized spacial score (nSPS) is 14.2. The number of nitrogens with one attached hydrogen (secondary N) is 2. The van der Waals surface area contributed by atoms with Gasteiger partial charge < -0.3 is 20.3 Å². The molecule has 1 aliphatic rings. The summed E-state index contributed by atoms with van der Waals surface area (Å²) in [6, 6.07) is 13.2. The summed E-state index contributed by atoms with van der Waals surface area (Å²) in [6.07, 6.45) is 3.45. The summed E-state index contributed by atoms with van der Waals surface area (Å²) in [7, 11) is 1.61. The van der Waals surface area contributed by atoms with Gasteiger partial charge in [-0.05, 0) is 60.6 Å². The lowest BCUT2D eigenvalue weighted by molar-refractivity contribution is 0.0936. The van der Waals surface area contributed by atoms with E-state index in [-0.39, 0.29) is 17.2 Å². The van der Waals surface area contributed by atoms with E-state index in [1.54, 1.807) is 13.2 Å². The molecule has 32 heavy (non-hydrogen) atoms. The van der Waals surface area contributed by atoms with Gasteiger partial charge in [-0.1, -0.05) is 32.9 Å². The van der Waals surface area contributed by atoms with Crippen molar-refractivity contribution in [2.45, 2.75) is 45.4 Å². The molecule has 0 saturated carbocycles. The van der Waals surface area contributed by atoms with Crippen molar-refractivity contribution in [3.8, 4) is 0 Å². The van der Waals surface area contributed by atoms with E-state index in [1.807, 2.05) is 36.4 Å². The molecular weight excluding hydrogens is 402 g/mol. The van der Waals surface area contributed by atoms with E-state index in [0.717, 1.165) is 31.6 Å². The molecule has 2 amide bonds. The van der Waals surface area contributed by atoms with Gasteiger partial charge in [0.2, 0.25) is 0 Å². The summed E-state index contributed by atoms with van der Waals surface area (Å²) < 4.78 is 5.05. The number of piperidine rings is 1.